The van der Waals surface area contributed by atoms with E-state index < -0.39 is 5.41 Å². The van der Waals surface area contributed by atoms with E-state index in [1.165, 1.54) is 0 Å². The normalized spacial score (nSPS) is 12.9. The number of ether oxygens (including phenoxy) is 1. The van der Waals surface area contributed by atoms with Crippen LogP contribution in [0.4, 0.5) is 17.1 Å². The van der Waals surface area contributed by atoms with E-state index in [2.05, 4.69) is 77.7 Å². The minimum atomic E-state index is -0.730. The molecule has 0 aliphatic carbocycles. The molecule has 0 saturated heterocycles. The highest BCUT2D eigenvalue weighted by Crippen LogP contribution is 2.62. The van der Waals surface area contributed by atoms with E-state index in [0.29, 0.717) is 39.9 Å². The molecule has 256 valence electrons. The van der Waals surface area contributed by atoms with Crippen LogP contribution >= 0.6 is 0 Å². The van der Waals surface area contributed by atoms with Gasteiger partial charge in [-0.3, -0.25) is 0 Å². The third kappa shape index (κ3) is 4.85. The molecule has 2 aliphatic heterocycles. The van der Waals surface area contributed by atoms with Crippen LogP contribution in [0.1, 0.15) is 33.4 Å². The number of nitrogens with zero attached hydrogens (tertiary/aromatic N) is 6. The van der Waals surface area contributed by atoms with Gasteiger partial charge in [-0.1, -0.05) is 133 Å². The van der Waals surface area contributed by atoms with Gasteiger partial charge in [-0.2, -0.15) is 10.5 Å². The lowest BCUT2D eigenvalue weighted by molar-refractivity contribution is 0.434. The summed E-state index contributed by atoms with van der Waals surface area (Å²) in [7, 11) is 0. The Morgan fingerprint density at radius 2 is 0.873 bits per heavy atom. The van der Waals surface area contributed by atoms with E-state index in [9.17, 15) is 10.5 Å². The van der Waals surface area contributed by atoms with Crippen LogP contribution in [0.3, 0.4) is 0 Å². The number of hydrogen-bond acceptors (Lipinski definition) is 7. The van der Waals surface area contributed by atoms with Gasteiger partial charge in [0.05, 0.1) is 39.7 Å². The zero-order valence-electron chi connectivity index (χ0n) is 29.3. The molecule has 7 nitrogen and oxygen atoms in total. The van der Waals surface area contributed by atoms with E-state index in [1.807, 2.05) is 97.1 Å². The molecule has 0 N–H and O–H groups in total. The van der Waals surface area contributed by atoms with Crippen molar-refractivity contribution in [3.8, 4) is 57.8 Å². The topological polar surface area (TPSA) is 98.7 Å². The third-order valence-electron chi connectivity index (χ3n) is 10.5. The number of benzene rings is 7. The molecular weight excluding hydrogens is 677 g/mol. The van der Waals surface area contributed by atoms with Crippen molar-refractivity contribution in [3.63, 3.8) is 0 Å². The van der Waals surface area contributed by atoms with E-state index in [-0.39, 0.29) is 0 Å². The highest BCUT2D eigenvalue weighted by molar-refractivity contribution is 5.93. The number of para-hydroxylation sites is 4. The van der Waals surface area contributed by atoms with Crippen LogP contribution in [0.5, 0.6) is 11.5 Å². The van der Waals surface area contributed by atoms with Crippen LogP contribution in [-0.2, 0) is 5.41 Å². The summed E-state index contributed by atoms with van der Waals surface area (Å²) in [5, 5.41) is 21.7. The molecule has 7 aromatic carbocycles. The Kier molecular flexibility index (Phi) is 7.33. The summed E-state index contributed by atoms with van der Waals surface area (Å²) >= 11 is 0. The smallest absolute Gasteiger partial charge is 0.165 e. The standard InChI is InChI=1S/C48H28N6O/c49-29-33-28-42(34(30-50)27-35(33)47-52-45(31-15-3-1-4-16-31)51-46(53-47)32-17-5-2-6-18-32)54-40-23-11-7-19-36(40)48(37-20-8-12-24-41(37)54)38-21-9-13-25-43(38)55-44-26-14-10-22-39(44)48/h1-28H. The van der Waals surface area contributed by atoms with Gasteiger partial charge in [0.25, 0.3) is 0 Å². The van der Waals surface area contributed by atoms with Gasteiger partial charge in [0, 0.05) is 27.8 Å². The number of anilines is 3. The predicted octanol–water partition coefficient (Wildman–Crippen LogP) is 10.9. The van der Waals surface area contributed by atoms with Crippen molar-refractivity contribution in [1.82, 2.24) is 15.0 Å². The fourth-order valence-corrected chi connectivity index (χ4v) is 8.15. The van der Waals surface area contributed by atoms with Crippen molar-refractivity contribution in [2.75, 3.05) is 4.90 Å². The largest absolute Gasteiger partial charge is 0.457 e. The first-order valence-electron chi connectivity index (χ1n) is 17.9. The quantitative estimate of drug-likeness (QED) is 0.180. The second-order valence-corrected chi connectivity index (χ2v) is 13.4. The Labute approximate surface area is 317 Å². The van der Waals surface area contributed by atoms with E-state index >= 15 is 0 Å². The molecule has 0 fully saturated rings. The van der Waals surface area contributed by atoms with Crippen LogP contribution in [0.25, 0.3) is 34.2 Å². The number of fused-ring (bicyclic) bond motifs is 8. The minimum absolute atomic E-state index is 0.307. The van der Waals surface area contributed by atoms with Gasteiger partial charge >= 0.3 is 0 Å². The van der Waals surface area contributed by atoms with Gasteiger partial charge in [0.1, 0.15) is 17.6 Å². The monoisotopic (exact) mass is 704 g/mol. The molecule has 0 amide bonds. The number of aromatic nitrogens is 3. The first-order chi connectivity index (χ1) is 27.2. The van der Waals surface area contributed by atoms with E-state index in [4.69, 9.17) is 19.7 Å². The molecule has 1 aromatic heterocycles. The summed E-state index contributed by atoms with van der Waals surface area (Å²) < 4.78 is 6.53. The number of hydrogen-bond donors (Lipinski definition) is 0. The van der Waals surface area contributed by atoms with Crippen molar-refractivity contribution < 1.29 is 4.74 Å². The van der Waals surface area contributed by atoms with Crippen LogP contribution in [-0.4, -0.2) is 15.0 Å². The average molecular weight is 705 g/mol. The summed E-state index contributed by atoms with van der Waals surface area (Å²) in [6, 6.07) is 60.8. The van der Waals surface area contributed by atoms with Crippen molar-refractivity contribution in [2.45, 2.75) is 5.41 Å². The van der Waals surface area contributed by atoms with Crippen molar-refractivity contribution in [2.24, 2.45) is 0 Å². The zero-order chi connectivity index (χ0) is 36.9. The van der Waals surface area contributed by atoms with Gasteiger partial charge in [0.2, 0.25) is 0 Å². The Morgan fingerprint density at radius 1 is 0.436 bits per heavy atom. The maximum Gasteiger partial charge on any atom is 0.165 e. The van der Waals surface area contributed by atoms with Crippen molar-refractivity contribution >= 4 is 17.1 Å². The number of nitriles is 2. The van der Waals surface area contributed by atoms with Gasteiger partial charge in [0.15, 0.2) is 17.5 Å². The lowest BCUT2D eigenvalue weighted by Gasteiger charge is -2.48. The maximum absolute atomic E-state index is 10.9. The van der Waals surface area contributed by atoms with Gasteiger partial charge < -0.3 is 9.64 Å². The molecule has 8 aromatic rings. The highest BCUT2D eigenvalue weighted by Gasteiger charge is 2.51. The van der Waals surface area contributed by atoms with Crippen LogP contribution in [0.2, 0.25) is 0 Å². The SMILES string of the molecule is N#Cc1cc(N2c3ccccc3C3(c4ccccc4Oc4ccccc43)c3ccccc32)c(C#N)cc1-c1nc(-c2ccccc2)nc(-c2ccccc2)n1. The Balaban J connectivity index is 1.22. The van der Waals surface area contributed by atoms with Gasteiger partial charge in [-0.25, -0.2) is 15.0 Å². The molecule has 10 rings (SSSR count). The van der Waals surface area contributed by atoms with Crippen molar-refractivity contribution in [1.29, 1.82) is 10.5 Å². The zero-order valence-corrected chi connectivity index (χ0v) is 29.3. The average Bonchev–Trinajstić information content (AvgIpc) is 3.26. The van der Waals surface area contributed by atoms with E-state index in [0.717, 1.165) is 56.3 Å². The molecule has 0 bridgehead atoms. The minimum Gasteiger partial charge on any atom is -0.457 e. The number of rotatable bonds is 4. The fraction of sp³-hybridized carbons (Fsp3) is 0.0208. The Hall–Kier alpha value is -7.87. The van der Waals surface area contributed by atoms with Crippen LogP contribution in [0, 0.1) is 22.7 Å². The van der Waals surface area contributed by atoms with E-state index in [1.54, 1.807) is 12.1 Å². The second kappa shape index (κ2) is 12.7. The Bertz CT molecular complexity index is 2740. The molecule has 55 heavy (non-hydrogen) atoms. The first-order valence-corrected chi connectivity index (χ1v) is 17.9. The fourth-order valence-electron chi connectivity index (χ4n) is 8.15. The molecule has 0 unspecified atom stereocenters. The summed E-state index contributed by atoms with van der Waals surface area (Å²) in [5.74, 6) is 2.82. The molecule has 0 saturated carbocycles. The molecule has 0 radical (unpaired) electrons. The summed E-state index contributed by atoms with van der Waals surface area (Å²) in [5.41, 5.74) is 8.50. The summed E-state index contributed by atoms with van der Waals surface area (Å²) in [6.45, 7) is 0. The summed E-state index contributed by atoms with van der Waals surface area (Å²) in [4.78, 5) is 16.7. The van der Waals surface area contributed by atoms with Crippen LogP contribution < -0.4 is 9.64 Å². The maximum atomic E-state index is 10.9. The first kappa shape index (κ1) is 31.8. The second-order valence-electron chi connectivity index (χ2n) is 13.4. The summed E-state index contributed by atoms with van der Waals surface area (Å²) in [6.07, 6.45) is 0. The molecule has 0 atom stereocenters. The van der Waals surface area contributed by atoms with Gasteiger partial charge in [-0.15, -0.1) is 0 Å². The van der Waals surface area contributed by atoms with Crippen molar-refractivity contribution in [3.05, 3.63) is 203 Å². The molecule has 7 heteroatoms. The third-order valence-corrected chi connectivity index (χ3v) is 10.5. The molecular formula is C48H28N6O. The Morgan fingerprint density at radius 3 is 1.38 bits per heavy atom. The lowest BCUT2D eigenvalue weighted by atomic mass is 9.61. The molecule has 1 spiro atoms. The lowest BCUT2D eigenvalue weighted by Crippen LogP contribution is -2.39. The van der Waals surface area contributed by atoms with Gasteiger partial charge in [-0.05, 0) is 47.5 Å². The van der Waals surface area contributed by atoms with Crippen LogP contribution in [0.15, 0.2) is 170 Å². The molecule has 2 aliphatic rings. The highest BCUT2D eigenvalue weighted by atomic mass is 16.5. The molecule has 3 heterocycles. The predicted molar refractivity (Wildman–Crippen MR) is 212 cm³/mol.